The van der Waals surface area contributed by atoms with E-state index in [1.807, 2.05) is 4.90 Å². The predicted octanol–water partition coefficient (Wildman–Crippen LogP) is 4.11. The number of likely N-dealkylation sites (tertiary alicyclic amines) is 2. The molecule has 0 saturated carbocycles. The average Bonchev–Trinajstić information content (AvgIpc) is 2.68. The van der Waals surface area contributed by atoms with Crippen molar-refractivity contribution in [3.05, 3.63) is 54.4 Å². The Bertz CT molecular complexity index is 858. The molecular weight excluding hydrogens is 397 g/mol. The summed E-state index contributed by atoms with van der Waals surface area (Å²) >= 11 is 0. The zero-order valence-corrected chi connectivity index (χ0v) is 16.4. The molecule has 9 heteroatoms. The Morgan fingerprint density at radius 2 is 1.83 bits per heavy atom. The van der Waals surface area contributed by atoms with Crippen molar-refractivity contribution >= 4 is 11.7 Å². The number of anilines is 1. The summed E-state index contributed by atoms with van der Waals surface area (Å²) in [5.74, 6) is -0.206. The van der Waals surface area contributed by atoms with Crippen molar-refractivity contribution in [1.82, 2.24) is 14.8 Å². The summed E-state index contributed by atoms with van der Waals surface area (Å²) in [6.45, 7) is 3.98. The minimum atomic E-state index is -4.67. The third kappa shape index (κ3) is 5.02. The number of halogens is 3. The molecule has 1 spiro atoms. The highest BCUT2D eigenvalue weighted by Gasteiger charge is 2.46. The standard InChI is InChI=1S/C21H23F3N4O2/c22-21(23,24)30-18-5-3-16(4-6-18)13-27-10-7-20(8-11-27)14-28(15-20)19(29)26-17-2-1-9-25-12-17/h1-6,9,12H,7-8,10-11,13-15H2,(H,26,29). The zero-order valence-electron chi connectivity index (χ0n) is 16.4. The number of alkyl halides is 3. The molecule has 6 nitrogen and oxygen atoms in total. The smallest absolute Gasteiger partial charge is 0.406 e. The van der Waals surface area contributed by atoms with Crippen molar-refractivity contribution in [3.63, 3.8) is 0 Å². The van der Waals surface area contributed by atoms with E-state index < -0.39 is 6.36 Å². The Hall–Kier alpha value is -2.81. The van der Waals surface area contributed by atoms with Crippen molar-refractivity contribution in [1.29, 1.82) is 0 Å². The number of urea groups is 1. The van der Waals surface area contributed by atoms with Gasteiger partial charge in [0.1, 0.15) is 5.75 Å². The number of benzene rings is 1. The first-order valence-electron chi connectivity index (χ1n) is 9.83. The van der Waals surface area contributed by atoms with Gasteiger partial charge in [-0.2, -0.15) is 0 Å². The van der Waals surface area contributed by atoms with Gasteiger partial charge < -0.3 is 15.0 Å². The molecule has 4 rings (SSSR count). The van der Waals surface area contributed by atoms with Crippen molar-refractivity contribution < 1.29 is 22.7 Å². The first-order valence-corrected chi connectivity index (χ1v) is 9.83. The SMILES string of the molecule is O=C(Nc1cccnc1)N1CC2(CCN(Cc3ccc(OC(F)(F)F)cc3)CC2)C1. The number of hydrogen-bond donors (Lipinski definition) is 1. The van der Waals surface area contributed by atoms with E-state index in [9.17, 15) is 18.0 Å². The number of rotatable bonds is 4. The lowest BCUT2D eigenvalue weighted by atomic mass is 9.72. The minimum Gasteiger partial charge on any atom is -0.406 e. The van der Waals surface area contributed by atoms with Crippen LogP contribution in [-0.2, 0) is 6.54 Å². The van der Waals surface area contributed by atoms with Crippen molar-refractivity contribution in [2.75, 3.05) is 31.5 Å². The average molecular weight is 420 g/mol. The lowest BCUT2D eigenvalue weighted by molar-refractivity contribution is -0.274. The highest BCUT2D eigenvalue weighted by molar-refractivity contribution is 5.89. The summed E-state index contributed by atoms with van der Waals surface area (Å²) in [7, 11) is 0. The van der Waals surface area contributed by atoms with Crippen LogP contribution in [0.2, 0.25) is 0 Å². The van der Waals surface area contributed by atoms with Gasteiger partial charge in [-0.25, -0.2) is 4.79 Å². The van der Waals surface area contributed by atoms with E-state index >= 15 is 0 Å². The second-order valence-electron chi connectivity index (χ2n) is 8.00. The van der Waals surface area contributed by atoms with E-state index in [0.717, 1.165) is 44.6 Å². The lowest BCUT2D eigenvalue weighted by Gasteiger charge is -2.53. The maximum atomic E-state index is 12.3. The number of piperidine rings is 1. The maximum absolute atomic E-state index is 12.3. The molecule has 1 N–H and O–H groups in total. The number of nitrogens with one attached hydrogen (secondary N) is 1. The number of carbonyl (C=O) groups is 1. The zero-order chi connectivity index (χ0) is 21.2. The number of pyridine rings is 1. The maximum Gasteiger partial charge on any atom is 0.573 e. The molecule has 0 unspecified atom stereocenters. The second kappa shape index (κ2) is 8.14. The van der Waals surface area contributed by atoms with E-state index in [1.54, 1.807) is 36.7 Å². The van der Waals surface area contributed by atoms with E-state index in [2.05, 4.69) is 19.9 Å². The van der Waals surface area contributed by atoms with Gasteiger partial charge in [-0.1, -0.05) is 12.1 Å². The second-order valence-corrected chi connectivity index (χ2v) is 8.00. The first-order chi connectivity index (χ1) is 14.3. The van der Waals surface area contributed by atoms with Crippen LogP contribution in [0.1, 0.15) is 18.4 Å². The minimum absolute atomic E-state index is 0.0998. The Morgan fingerprint density at radius 3 is 2.43 bits per heavy atom. The summed E-state index contributed by atoms with van der Waals surface area (Å²) in [4.78, 5) is 20.4. The molecule has 30 heavy (non-hydrogen) atoms. The van der Waals surface area contributed by atoms with Gasteiger partial charge in [-0.15, -0.1) is 13.2 Å². The van der Waals surface area contributed by atoms with Crippen LogP contribution in [0.3, 0.4) is 0 Å². The normalized spacial score (nSPS) is 18.7. The van der Waals surface area contributed by atoms with Gasteiger partial charge in [-0.3, -0.25) is 9.88 Å². The highest BCUT2D eigenvalue weighted by Crippen LogP contribution is 2.41. The van der Waals surface area contributed by atoms with E-state index in [-0.39, 0.29) is 17.2 Å². The number of carbonyl (C=O) groups excluding carboxylic acids is 1. The molecule has 160 valence electrons. The molecule has 2 aliphatic rings. The van der Waals surface area contributed by atoms with Crippen LogP contribution in [0.4, 0.5) is 23.7 Å². The van der Waals surface area contributed by atoms with Crippen LogP contribution in [0.15, 0.2) is 48.8 Å². The summed E-state index contributed by atoms with van der Waals surface area (Å²) in [5.41, 5.74) is 1.81. The molecule has 2 aliphatic heterocycles. The quantitative estimate of drug-likeness (QED) is 0.809. The van der Waals surface area contributed by atoms with Crippen LogP contribution in [0, 0.1) is 5.41 Å². The molecule has 2 amide bonds. The molecule has 0 aliphatic carbocycles. The summed E-state index contributed by atoms with van der Waals surface area (Å²) in [5, 5.41) is 2.86. The molecule has 2 saturated heterocycles. The van der Waals surface area contributed by atoms with Gasteiger partial charge >= 0.3 is 12.4 Å². The number of ether oxygens (including phenoxy) is 1. The van der Waals surface area contributed by atoms with Crippen LogP contribution >= 0.6 is 0 Å². The number of amides is 2. The number of aromatic nitrogens is 1. The van der Waals surface area contributed by atoms with Crippen LogP contribution in [0.25, 0.3) is 0 Å². The van der Waals surface area contributed by atoms with Gasteiger partial charge in [-0.05, 0) is 55.8 Å². The summed E-state index contributed by atoms with van der Waals surface area (Å²) in [6, 6.07) is 9.51. The molecule has 2 fully saturated rings. The number of nitrogens with zero attached hydrogens (tertiary/aromatic N) is 3. The molecule has 0 atom stereocenters. The van der Waals surface area contributed by atoms with Crippen molar-refractivity contribution in [2.24, 2.45) is 5.41 Å². The molecule has 0 radical (unpaired) electrons. The van der Waals surface area contributed by atoms with Gasteiger partial charge in [0.05, 0.1) is 11.9 Å². The van der Waals surface area contributed by atoms with Gasteiger partial charge in [0, 0.05) is 31.2 Å². The van der Waals surface area contributed by atoms with Gasteiger partial charge in [0.15, 0.2) is 0 Å². The molecule has 0 bridgehead atoms. The fourth-order valence-electron chi connectivity index (χ4n) is 4.10. The fourth-order valence-corrected chi connectivity index (χ4v) is 4.10. The fraction of sp³-hybridized carbons (Fsp3) is 0.429. The molecule has 3 heterocycles. The Labute approximate surface area is 172 Å². The summed E-state index contributed by atoms with van der Waals surface area (Å²) in [6.07, 6.45) is 0.604. The topological polar surface area (TPSA) is 57.7 Å². The molecule has 1 aromatic heterocycles. The van der Waals surface area contributed by atoms with Crippen LogP contribution in [-0.4, -0.2) is 53.4 Å². The van der Waals surface area contributed by atoms with Crippen LogP contribution in [0.5, 0.6) is 5.75 Å². The monoisotopic (exact) mass is 420 g/mol. The predicted molar refractivity (Wildman–Crippen MR) is 105 cm³/mol. The Morgan fingerprint density at radius 1 is 1.13 bits per heavy atom. The Balaban J connectivity index is 1.22. The van der Waals surface area contributed by atoms with Gasteiger partial charge in [0.25, 0.3) is 0 Å². The molecule has 1 aromatic carbocycles. The summed E-state index contributed by atoms with van der Waals surface area (Å²) < 4.78 is 40.7. The highest BCUT2D eigenvalue weighted by atomic mass is 19.4. The Kier molecular flexibility index (Phi) is 5.55. The van der Waals surface area contributed by atoms with Gasteiger partial charge in [0.2, 0.25) is 0 Å². The van der Waals surface area contributed by atoms with Crippen LogP contribution < -0.4 is 10.1 Å². The third-order valence-corrected chi connectivity index (χ3v) is 5.73. The largest absolute Gasteiger partial charge is 0.573 e. The number of hydrogen-bond acceptors (Lipinski definition) is 4. The first kappa shape index (κ1) is 20.5. The third-order valence-electron chi connectivity index (χ3n) is 5.73. The molecule has 2 aromatic rings. The van der Waals surface area contributed by atoms with Crippen molar-refractivity contribution in [3.8, 4) is 5.75 Å². The molecular formula is C21H23F3N4O2. The van der Waals surface area contributed by atoms with E-state index in [0.29, 0.717) is 12.2 Å². The van der Waals surface area contributed by atoms with Crippen molar-refractivity contribution in [2.45, 2.75) is 25.7 Å². The lowest BCUT2D eigenvalue weighted by Crippen LogP contribution is -2.62. The van der Waals surface area contributed by atoms with E-state index in [4.69, 9.17) is 0 Å². The van der Waals surface area contributed by atoms with E-state index in [1.165, 1.54) is 12.1 Å².